The van der Waals surface area contributed by atoms with Gasteiger partial charge in [-0.3, -0.25) is 4.79 Å². The minimum Gasteiger partial charge on any atom is -0.496 e. The van der Waals surface area contributed by atoms with Gasteiger partial charge in [-0.1, -0.05) is 18.2 Å². The molecule has 19 heavy (non-hydrogen) atoms. The van der Waals surface area contributed by atoms with Crippen LogP contribution in [-0.2, 0) is 11.2 Å². The molecule has 1 amide bonds. The topological polar surface area (TPSA) is 55.6 Å². The lowest BCUT2D eigenvalue weighted by Crippen LogP contribution is -2.47. The van der Waals surface area contributed by atoms with Gasteiger partial charge in [-0.25, -0.2) is 0 Å². The summed E-state index contributed by atoms with van der Waals surface area (Å²) in [6.07, 6.45) is 3.82. The first-order valence-electron chi connectivity index (χ1n) is 6.87. The van der Waals surface area contributed by atoms with E-state index in [0.29, 0.717) is 25.6 Å². The third kappa shape index (κ3) is 3.26. The van der Waals surface area contributed by atoms with Crippen LogP contribution in [0.4, 0.5) is 0 Å². The van der Waals surface area contributed by atoms with Crippen LogP contribution in [0.1, 0.15) is 24.8 Å². The molecule has 0 heterocycles. The number of ether oxygens (including phenoxy) is 1. The van der Waals surface area contributed by atoms with E-state index in [1.54, 1.807) is 7.11 Å². The molecule has 1 aromatic carbocycles. The van der Waals surface area contributed by atoms with Gasteiger partial charge < -0.3 is 15.4 Å². The summed E-state index contributed by atoms with van der Waals surface area (Å²) in [5.74, 6) is 0.928. The molecule has 0 aromatic heterocycles. The smallest absolute Gasteiger partial charge is 0.227 e. The number of carbonyl (C=O) groups excluding carboxylic acids is 1. The van der Waals surface area contributed by atoms with Crippen LogP contribution in [0.5, 0.6) is 5.75 Å². The molecule has 0 saturated heterocycles. The second kappa shape index (κ2) is 6.57. The Morgan fingerprint density at radius 3 is 2.74 bits per heavy atom. The molecule has 2 N–H and O–H groups in total. The quantitative estimate of drug-likeness (QED) is 0.846. The molecular formula is C15H22N2O2. The van der Waals surface area contributed by atoms with Crippen molar-refractivity contribution in [2.75, 3.05) is 20.2 Å². The predicted molar refractivity (Wildman–Crippen MR) is 75.1 cm³/mol. The number of hydrogen-bond acceptors (Lipinski definition) is 3. The Morgan fingerprint density at radius 1 is 1.42 bits per heavy atom. The van der Waals surface area contributed by atoms with Crippen molar-refractivity contribution < 1.29 is 9.53 Å². The molecule has 2 rings (SSSR count). The molecule has 0 atom stereocenters. The Kier molecular flexibility index (Phi) is 4.80. The maximum atomic E-state index is 12.4. The Hall–Kier alpha value is -1.55. The Balaban J connectivity index is 2.05. The zero-order valence-corrected chi connectivity index (χ0v) is 11.5. The molecule has 1 aliphatic rings. The molecule has 4 heteroatoms. The van der Waals surface area contributed by atoms with Crippen LogP contribution in [0.3, 0.4) is 0 Å². The van der Waals surface area contributed by atoms with E-state index in [2.05, 4.69) is 0 Å². The molecule has 104 valence electrons. The number of benzene rings is 1. The average molecular weight is 262 g/mol. The van der Waals surface area contributed by atoms with Gasteiger partial charge in [0.25, 0.3) is 0 Å². The van der Waals surface area contributed by atoms with Crippen LogP contribution in [-0.4, -0.2) is 37.0 Å². The van der Waals surface area contributed by atoms with E-state index < -0.39 is 0 Å². The molecule has 0 unspecified atom stereocenters. The lowest BCUT2D eigenvalue weighted by Gasteiger charge is -2.37. The van der Waals surface area contributed by atoms with Gasteiger partial charge in [0, 0.05) is 24.7 Å². The van der Waals surface area contributed by atoms with Crippen LogP contribution in [0.25, 0.3) is 0 Å². The normalized spacial score (nSPS) is 14.8. The highest BCUT2D eigenvalue weighted by Gasteiger charge is 2.28. The van der Waals surface area contributed by atoms with E-state index in [4.69, 9.17) is 10.5 Å². The fraction of sp³-hybridized carbons (Fsp3) is 0.533. The number of nitrogens with two attached hydrogens (primary N) is 1. The number of methoxy groups -OCH3 is 1. The standard InChI is InChI=1S/C15H22N2O2/c1-19-14-8-3-2-5-12(14)11-15(18)17(10-9-16)13-6-4-7-13/h2-3,5,8,13H,4,6-7,9-11,16H2,1H3. The number of rotatable bonds is 6. The minimum atomic E-state index is 0.152. The monoisotopic (exact) mass is 262 g/mol. The zero-order valence-electron chi connectivity index (χ0n) is 11.5. The second-order valence-electron chi connectivity index (χ2n) is 4.95. The number of carbonyl (C=O) groups is 1. The van der Waals surface area contributed by atoms with Crippen molar-refractivity contribution in [2.24, 2.45) is 5.73 Å². The molecule has 1 aliphatic carbocycles. The maximum Gasteiger partial charge on any atom is 0.227 e. The molecule has 0 spiro atoms. The summed E-state index contributed by atoms with van der Waals surface area (Å²) in [5.41, 5.74) is 6.56. The van der Waals surface area contributed by atoms with Gasteiger partial charge in [0.2, 0.25) is 5.91 Å². The maximum absolute atomic E-state index is 12.4. The van der Waals surface area contributed by atoms with E-state index >= 15 is 0 Å². The van der Waals surface area contributed by atoms with Gasteiger partial charge >= 0.3 is 0 Å². The van der Waals surface area contributed by atoms with Crippen molar-refractivity contribution in [3.63, 3.8) is 0 Å². The van der Waals surface area contributed by atoms with Crippen molar-refractivity contribution in [3.8, 4) is 5.75 Å². The fourth-order valence-electron chi connectivity index (χ4n) is 2.46. The zero-order chi connectivity index (χ0) is 13.7. The first kappa shape index (κ1) is 13.9. The predicted octanol–water partition coefficient (Wildman–Crippen LogP) is 1.58. The summed E-state index contributed by atoms with van der Waals surface area (Å²) in [7, 11) is 1.63. The van der Waals surface area contributed by atoms with E-state index in [-0.39, 0.29) is 5.91 Å². The van der Waals surface area contributed by atoms with Crippen molar-refractivity contribution in [3.05, 3.63) is 29.8 Å². The number of para-hydroxylation sites is 1. The Labute approximate surface area is 114 Å². The number of amides is 1. The van der Waals surface area contributed by atoms with Gasteiger partial charge in [0.15, 0.2) is 0 Å². The summed E-state index contributed by atoms with van der Waals surface area (Å²) in [5, 5.41) is 0. The van der Waals surface area contributed by atoms with Crippen molar-refractivity contribution in [1.82, 2.24) is 4.90 Å². The van der Waals surface area contributed by atoms with E-state index in [1.165, 1.54) is 6.42 Å². The highest BCUT2D eigenvalue weighted by atomic mass is 16.5. The summed E-state index contributed by atoms with van der Waals surface area (Å²) in [6, 6.07) is 8.07. The van der Waals surface area contributed by atoms with Gasteiger partial charge in [0.05, 0.1) is 13.5 Å². The van der Waals surface area contributed by atoms with Crippen molar-refractivity contribution >= 4 is 5.91 Å². The second-order valence-corrected chi connectivity index (χ2v) is 4.95. The van der Waals surface area contributed by atoms with E-state index in [1.807, 2.05) is 29.2 Å². The molecule has 4 nitrogen and oxygen atoms in total. The minimum absolute atomic E-state index is 0.152. The third-order valence-corrected chi connectivity index (χ3v) is 3.74. The van der Waals surface area contributed by atoms with Crippen LogP contribution in [0.15, 0.2) is 24.3 Å². The first-order chi connectivity index (χ1) is 9.26. The van der Waals surface area contributed by atoms with Crippen molar-refractivity contribution in [1.29, 1.82) is 0 Å². The Bertz CT molecular complexity index is 430. The molecule has 0 bridgehead atoms. The lowest BCUT2D eigenvalue weighted by atomic mass is 9.91. The SMILES string of the molecule is COc1ccccc1CC(=O)N(CCN)C1CCC1. The number of hydrogen-bond donors (Lipinski definition) is 1. The summed E-state index contributed by atoms with van der Waals surface area (Å²) < 4.78 is 5.29. The lowest BCUT2D eigenvalue weighted by molar-refractivity contribution is -0.134. The molecule has 1 fully saturated rings. The molecule has 0 aliphatic heterocycles. The van der Waals surface area contributed by atoms with Gasteiger partial charge in [-0.2, -0.15) is 0 Å². The highest BCUT2D eigenvalue weighted by Crippen LogP contribution is 2.26. The summed E-state index contributed by atoms with van der Waals surface area (Å²) in [4.78, 5) is 14.4. The molecule has 1 saturated carbocycles. The fourth-order valence-corrected chi connectivity index (χ4v) is 2.46. The summed E-state index contributed by atoms with van der Waals surface area (Å²) in [6.45, 7) is 1.17. The first-order valence-corrected chi connectivity index (χ1v) is 6.87. The van der Waals surface area contributed by atoms with E-state index in [9.17, 15) is 4.79 Å². The third-order valence-electron chi connectivity index (χ3n) is 3.74. The van der Waals surface area contributed by atoms with Crippen LogP contribution in [0, 0.1) is 0 Å². The van der Waals surface area contributed by atoms with Gasteiger partial charge in [0.1, 0.15) is 5.75 Å². The summed E-state index contributed by atoms with van der Waals surface area (Å²) >= 11 is 0. The largest absolute Gasteiger partial charge is 0.496 e. The number of nitrogens with zero attached hydrogens (tertiary/aromatic N) is 1. The van der Waals surface area contributed by atoms with Gasteiger partial charge in [-0.05, 0) is 25.3 Å². The van der Waals surface area contributed by atoms with E-state index in [0.717, 1.165) is 24.2 Å². The molecular weight excluding hydrogens is 240 g/mol. The Morgan fingerprint density at radius 2 is 2.16 bits per heavy atom. The highest BCUT2D eigenvalue weighted by molar-refractivity contribution is 5.80. The van der Waals surface area contributed by atoms with Crippen LogP contribution < -0.4 is 10.5 Å². The molecule has 1 aromatic rings. The van der Waals surface area contributed by atoms with Crippen LogP contribution in [0.2, 0.25) is 0 Å². The molecule has 0 radical (unpaired) electrons. The van der Waals surface area contributed by atoms with Gasteiger partial charge in [-0.15, -0.1) is 0 Å². The van der Waals surface area contributed by atoms with Crippen LogP contribution >= 0.6 is 0 Å². The average Bonchev–Trinajstić information content (AvgIpc) is 2.36. The van der Waals surface area contributed by atoms with Crippen molar-refractivity contribution in [2.45, 2.75) is 31.7 Å².